The fourth-order valence-electron chi connectivity index (χ4n) is 2.42. The van der Waals surface area contributed by atoms with E-state index in [9.17, 15) is 5.11 Å². The highest BCUT2D eigenvalue weighted by atomic mass is 32.1. The molecule has 3 aromatic rings. The van der Waals surface area contributed by atoms with E-state index < -0.39 is 0 Å². The summed E-state index contributed by atoms with van der Waals surface area (Å²) in [5, 5.41) is 10.3. The van der Waals surface area contributed by atoms with Gasteiger partial charge in [0.05, 0.1) is 6.61 Å². The Kier molecular flexibility index (Phi) is 5.47. The van der Waals surface area contributed by atoms with Crippen LogP contribution in [0.2, 0.25) is 0 Å². The van der Waals surface area contributed by atoms with Crippen LogP contribution in [-0.2, 0) is 13.1 Å². The fourth-order valence-corrected chi connectivity index (χ4v) is 3.38. The van der Waals surface area contributed by atoms with Crippen molar-refractivity contribution in [2.75, 3.05) is 13.2 Å². The third-order valence-corrected chi connectivity index (χ3v) is 4.53. The summed E-state index contributed by atoms with van der Waals surface area (Å²) in [6.07, 6.45) is 5.57. The summed E-state index contributed by atoms with van der Waals surface area (Å²) < 4.78 is 0. The van der Waals surface area contributed by atoms with Crippen molar-refractivity contribution < 1.29 is 5.11 Å². The highest BCUT2D eigenvalue weighted by Crippen LogP contribution is 2.25. The maximum absolute atomic E-state index is 9.31. The summed E-state index contributed by atoms with van der Waals surface area (Å²) in [5.41, 5.74) is 2.29. The largest absolute Gasteiger partial charge is 0.395 e. The Hall–Kier alpha value is -2.08. The zero-order chi connectivity index (χ0) is 15.9. The zero-order valence-electron chi connectivity index (χ0n) is 12.8. The van der Waals surface area contributed by atoms with Crippen molar-refractivity contribution in [1.29, 1.82) is 0 Å². The van der Waals surface area contributed by atoms with Gasteiger partial charge in [-0.1, -0.05) is 36.4 Å². The maximum Gasteiger partial charge on any atom is 0.123 e. The maximum atomic E-state index is 9.31. The molecule has 0 fully saturated rings. The Balaban J connectivity index is 1.69. The zero-order valence-corrected chi connectivity index (χ0v) is 13.6. The number of nitrogens with zero attached hydrogens (tertiary/aromatic N) is 3. The van der Waals surface area contributed by atoms with Gasteiger partial charge in [0.1, 0.15) is 5.01 Å². The molecule has 0 amide bonds. The predicted octanol–water partition coefficient (Wildman–Crippen LogP) is 3.20. The van der Waals surface area contributed by atoms with Gasteiger partial charge in [0.2, 0.25) is 0 Å². The lowest BCUT2D eigenvalue weighted by Crippen LogP contribution is -2.25. The molecule has 23 heavy (non-hydrogen) atoms. The van der Waals surface area contributed by atoms with Crippen LogP contribution in [-0.4, -0.2) is 33.1 Å². The lowest BCUT2D eigenvalue weighted by molar-refractivity contribution is 0.185. The van der Waals surface area contributed by atoms with Crippen LogP contribution in [0.4, 0.5) is 0 Å². The summed E-state index contributed by atoms with van der Waals surface area (Å²) in [6, 6.07) is 14.2. The lowest BCUT2D eigenvalue weighted by Gasteiger charge is -2.20. The first-order valence-electron chi connectivity index (χ1n) is 7.57. The molecule has 4 nitrogen and oxygen atoms in total. The van der Waals surface area contributed by atoms with Crippen LogP contribution in [0.3, 0.4) is 0 Å². The normalized spacial score (nSPS) is 11.0. The molecule has 5 heteroatoms. The minimum absolute atomic E-state index is 0.143. The Morgan fingerprint density at radius 2 is 1.87 bits per heavy atom. The number of hydrogen-bond acceptors (Lipinski definition) is 5. The van der Waals surface area contributed by atoms with Crippen LogP contribution >= 0.6 is 11.3 Å². The van der Waals surface area contributed by atoms with E-state index in [-0.39, 0.29) is 6.61 Å². The second-order valence-corrected chi connectivity index (χ2v) is 6.41. The highest BCUT2D eigenvalue weighted by molar-refractivity contribution is 7.15. The molecule has 0 aliphatic heterocycles. The van der Waals surface area contributed by atoms with Gasteiger partial charge in [-0.05, 0) is 11.6 Å². The third-order valence-electron chi connectivity index (χ3n) is 3.50. The number of aromatic nitrogens is 2. The summed E-state index contributed by atoms with van der Waals surface area (Å²) in [5.74, 6) is 0. The smallest absolute Gasteiger partial charge is 0.123 e. The Bertz CT molecular complexity index is 715. The average Bonchev–Trinajstić information content (AvgIpc) is 3.05. The first-order valence-corrected chi connectivity index (χ1v) is 8.39. The van der Waals surface area contributed by atoms with Gasteiger partial charge in [-0.15, -0.1) is 11.3 Å². The van der Waals surface area contributed by atoms with E-state index in [0.29, 0.717) is 6.54 Å². The van der Waals surface area contributed by atoms with Crippen molar-refractivity contribution in [3.63, 3.8) is 0 Å². The average molecular weight is 325 g/mol. The molecule has 0 saturated heterocycles. The molecule has 2 heterocycles. The standard InChI is InChI=1S/C18H19N3OS/c22-10-9-21(13-15-5-4-8-19-11-15)14-17-12-20-18(23-17)16-6-2-1-3-7-16/h1-8,11-12,22H,9-10,13-14H2. The van der Waals surface area contributed by atoms with Crippen LogP contribution < -0.4 is 0 Å². The predicted molar refractivity (Wildman–Crippen MR) is 93.0 cm³/mol. The van der Waals surface area contributed by atoms with E-state index in [1.807, 2.05) is 36.7 Å². The van der Waals surface area contributed by atoms with E-state index in [1.54, 1.807) is 17.5 Å². The molecular weight excluding hydrogens is 306 g/mol. The van der Waals surface area contributed by atoms with Crippen LogP contribution in [0.15, 0.2) is 61.1 Å². The van der Waals surface area contributed by atoms with Gasteiger partial charge < -0.3 is 5.11 Å². The van der Waals surface area contributed by atoms with E-state index >= 15 is 0 Å². The van der Waals surface area contributed by atoms with E-state index in [1.165, 1.54) is 4.88 Å². The Labute approximate surface area is 140 Å². The molecule has 0 spiro atoms. The molecule has 0 radical (unpaired) electrons. The molecule has 0 saturated carbocycles. The summed E-state index contributed by atoms with van der Waals surface area (Å²) in [7, 11) is 0. The molecule has 0 bridgehead atoms. The molecule has 1 N–H and O–H groups in total. The second kappa shape index (κ2) is 7.97. The first kappa shape index (κ1) is 15.8. The second-order valence-electron chi connectivity index (χ2n) is 5.29. The van der Waals surface area contributed by atoms with E-state index in [0.717, 1.165) is 29.2 Å². The fraction of sp³-hybridized carbons (Fsp3) is 0.222. The van der Waals surface area contributed by atoms with E-state index in [2.05, 4.69) is 33.1 Å². The number of rotatable bonds is 7. The molecule has 3 rings (SSSR count). The van der Waals surface area contributed by atoms with Crippen molar-refractivity contribution in [2.24, 2.45) is 0 Å². The Morgan fingerprint density at radius 1 is 1.00 bits per heavy atom. The molecule has 2 aromatic heterocycles. The monoisotopic (exact) mass is 325 g/mol. The molecule has 0 aliphatic carbocycles. The van der Waals surface area contributed by atoms with Crippen LogP contribution in [0, 0.1) is 0 Å². The van der Waals surface area contributed by atoms with Gasteiger partial charge in [0.15, 0.2) is 0 Å². The summed E-state index contributed by atoms with van der Waals surface area (Å²) >= 11 is 1.70. The number of pyridine rings is 1. The molecule has 118 valence electrons. The minimum Gasteiger partial charge on any atom is -0.395 e. The Morgan fingerprint density at radius 3 is 2.61 bits per heavy atom. The molecular formula is C18H19N3OS. The molecule has 1 aromatic carbocycles. The van der Waals surface area contributed by atoms with Crippen LogP contribution in [0.1, 0.15) is 10.4 Å². The molecule has 0 aliphatic rings. The quantitative estimate of drug-likeness (QED) is 0.725. The van der Waals surface area contributed by atoms with Gasteiger partial charge in [-0.3, -0.25) is 9.88 Å². The summed E-state index contributed by atoms with van der Waals surface area (Å²) in [6.45, 7) is 2.32. The molecule has 0 unspecified atom stereocenters. The van der Waals surface area contributed by atoms with Crippen molar-refractivity contribution in [3.05, 3.63) is 71.5 Å². The van der Waals surface area contributed by atoms with E-state index in [4.69, 9.17) is 0 Å². The topological polar surface area (TPSA) is 49.2 Å². The highest BCUT2D eigenvalue weighted by Gasteiger charge is 2.10. The number of thiazole rings is 1. The number of aliphatic hydroxyl groups excluding tert-OH is 1. The number of benzene rings is 1. The van der Waals surface area contributed by atoms with Crippen molar-refractivity contribution >= 4 is 11.3 Å². The van der Waals surface area contributed by atoms with Crippen molar-refractivity contribution in [1.82, 2.24) is 14.9 Å². The summed E-state index contributed by atoms with van der Waals surface area (Å²) in [4.78, 5) is 12.1. The van der Waals surface area contributed by atoms with Gasteiger partial charge in [0, 0.05) is 48.7 Å². The van der Waals surface area contributed by atoms with Gasteiger partial charge >= 0.3 is 0 Å². The number of hydrogen-bond donors (Lipinski definition) is 1. The van der Waals surface area contributed by atoms with Crippen LogP contribution in [0.25, 0.3) is 10.6 Å². The van der Waals surface area contributed by atoms with Crippen LogP contribution in [0.5, 0.6) is 0 Å². The minimum atomic E-state index is 0.143. The van der Waals surface area contributed by atoms with Gasteiger partial charge in [0.25, 0.3) is 0 Å². The van der Waals surface area contributed by atoms with Crippen molar-refractivity contribution in [2.45, 2.75) is 13.1 Å². The van der Waals surface area contributed by atoms with Gasteiger partial charge in [-0.25, -0.2) is 4.98 Å². The third kappa shape index (κ3) is 4.45. The van der Waals surface area contributed by atoms with Crippen molar-refractivity contribution in [3.8, 4) is 10.6 Å². The van der Waals surface area contributed by atoms with Gasteiger partial charge in [-0.2, -0.15) is 0 Å². The molecule has 0 atom stereocenters. The lowest BCUT2D eigenvalue weighted by atomic mass is 10.2. The SMILES string of the molecule is OCCN(Cc1cccnc1)Cc1cnc(-c2ccccc2)s1. The number of aliphatic hydroxyl groups is 1. The first-order chi connectivity index (χ1) is 11.3.